The molecule has 350 valence electrons. The van der Waals surface area contributed by atoms with Crippen LogP contribution in [0.5, 0.6) is 0 Å². The molecule has 3 aromatic rings. The van der Waals surface area contributed by atoms with Crippen LogP contribution < -0.4 is 60.2 Å². The maximum Gasteiger partial charge on any atom is 0.305 e. The highest BCUT2D eigenvalue weighted by Crippen LogP contribution is 2.19. The van der Waals surface area contributed by atoms with Crippen LogP contribution in [0.25, 0.3) is 10.9 Å². The molecule has 65 heavy (non-hydrogen) atoms. The van der Waals surface area contributed by atoms with Crippen molar-refractivity contribution in [1.29, 1.82) is 0 Å². The lowest BCUT2D eigenvalue weighted by molar-refractivity contribution is -0.139. The molecule has 2 aromatic carbocycles. The van der Waals surface area contributed by atoms with Gasteiger partial charge in [0, 0.05) is 36.4 Å². The van der Waals surface area contributed by atoms with Crippen LogP contribution in [0.2, 0.25) is 0 Å². The molecule has 0 saturated carbocycles. The number of amides is 10. The van der Waals surface area contributed by atoms with Crippen molar-refractivity contribution in [3.05, 3.63) is 71.9 Å². The molecule has 0 fully saturated rings. The van der Waals surface area contributed by atoms with Crippen LogP contribution in [-0.4, -0.2) is 136 Å². The molecule has 6 atom stereocenters. The number of nitrogens with one attached hydrogen (secondary N) is 8. The fourth-order valence-corrected chi connectivity index (χ4v) is 6.16. The summed E-state index contributed by atoms with van der Waals surface area (Å²) >= 11 is 0. The highest BCUT2D eigenvalue weighted by molar-refractivity contribution is 5.99. The summed E-state index contributed by atoms with van der Waals surface area (Å²) in [5.41, 5.74) is 23.1. The van der Waals surface area contributed by atoms with Gasteiger partial charge in [-0.15, -0.1) is 0 Å². The quantitative estimate of drug-likeness (QED) is 0.0339. The van der Waals surface area contributed by atoms with Gasteiger partial charge in [-0.2, -0.15) is 0 Å². The van der Waals surface area contributed by atoms with E-state index in [0.29, 0.717) is 16.5 Å². The van der Waals surface area contributed by atoms with Crippen LogP contribution in [0.4, 0.5) is 0 Å². The van der Waals surface area contributed by atoms with E-state index in [9.17, 15) is 57.8 Å². The summed E-state index contributed by atoms with van der Waals surface area (Å²) in [6.45, 7) is -2.43. The monoisotopic (exact) mass is 908 g/mol. The number of hydrogen-bond acceptors (Lipinski definition) is 13. The molecule has 1 aromatic heterocycles. The number of fused-ring (bicyclic) bond motifs is 1. The van der Waals surface area contributed by atoms with Crippen molar-refractivity contribution in [1.82, 2.24) is 42.2 Å². The summed E-state index contributed by atoms with van der Waals surface area (Å²) in [7, 11) is 0. The Morgan fingerprint density at radius 3 is 1.75 bits per heavy atom. The zero-order valence-electron chi connectivity index (χ0n) is 34.8. The summed E-state index contributed by atoms with van der Waals surface area (Å²) in [6.07, 6.45) is -1.11. The minimum atomic E-state index is -1.81. The third-order valence-corrected chi connectivity index (χ3v) is 9.42. The Balaban J connectivity index is 1.77. The lowest BCUT2D eigenvalue weighted by Gasteiger charge is -2.25. The summed E-state index contributed by atoms with van der Waals surface area (Å²) in [6, 6.07) is 5.69. The van der Waals surface area contributed by atoms with Gasteiger partial charge in [0.2, 0.25) is 59.1 Å². The maximum atomic E-state index is 13.8. The van der Waals surface area contributed by atoms with E-state index in [1.165, 1.54) is 0 Å². The van der Waals surface area contributed by atoms with E-state index in [1.807, 2.05) is 0 Å². The zero-order valence-corrected chi connectivity index (χ0v) is 34.8. The van der Waals surface area contributed by atoms with Gasteiger partial charge in [-0.25, -0.2) is 0 Å². The molecule has 10 amide bonds. The molecule has 3 rings (SSSR count). The Labute approximate surface area is 369 Å². The number of carboxylic acid groups (broad SMARTS) is 1. The van der Waals surface area contributed by atoms with E-state index >= 15 is 0 Å². The highest BCUT2D eigenvalue weighted by Gasteiger charge is 2.33. The van der Waals surface area contributed by atoms with Gasteiger partial charge in [0.05, 0.1) is 38.6 Å². The number of aliphatic carboxylic acids is 1. The second-order valence-corrected chi connectivity index (χ2v) is 14.6. The molecule has 18 N–H and O–H groups in total. The zero-order chi connectivity index (χ0) is 48.2. The van der Waals surface area contributed by atoms with Gasteiger partial charge in [-0.05, 0) is 23.6 Å². The van der Waals surface area contributed by atoms with Gasteiger partial charge >= 0.3 is 5.97 Å². The molecule has 0 bridgehead atoms. The largest absolute Gasteiger partial charge is 0.481 e. The minimum Gasteiger partial charge on any atom is -0.481 e. The second-order valence-electron chi connectivity index (χ2n) is 14.6. The standard InChI is InChI=1S/C40H52N12O13/c41-23(14-34(58)59)35(60)49-25(10-11-30(42)54)36(61)47-18-33(57)48-26(12-20-6-2-1-3-7-20)38(63)51-28(15-31(43)55)39(64)52-29(19-53)40(65)50-27(37(62)46-17-32(44)56)13-21-16-45-24-9-5-4-8-22(21)24/h1-9,16,23,25-29,45,53H,10-15,17-19,41H2,(H2,42,54)(H2,43,55)(H2,44,56)(H,46,62)(H,47,61)(H,48,57)(H,49,60)(H,50,65)(H,51,63)(H,52,64)(H,58,59)/t23-,25-,26-,27-,28-,29-/m0/s1. The van der Waals surface area contributed by atoms with Gasteiger partial charge in [0.15, 0.2) is 0 Å². The number of aliphatic hydroxyl groups is 1. The van der Waals surface area contributed by atoms with Crippen molar-refractivity contribution in [2.24, 2.45) is 22.9 Å². The molecule has 0 spiro atoms. The van der Waals surface area contributed by atoms with Crippen molar-refractivity contribution in [2.45, 2.75) is 74.8 Å². The average Bonchev–Trinajstić information content (AvgIpc) is 3.66. The first-order valence-corrected chi connectivity index (χ1v) is 19.9. The SMILES string of the molecule is NC(=O)CC[C@H](NC(=O)[C@@H](N)CC(=O)O)C(=O)NCC(=O)N[C@@H](Cc1ccccc1)C(=O)N[C@@H](CC(N)=O)C(=O)N[C@@H](CO)C(=O)N[C@@H](Cc1c[nH]c2ccccc12)C(=O)NCC(N)=O. The molecule has 0 aliphatic rings. The average molecular weight is 909 g/mol. The van der Waals surface area contributed by atoms with Gasteiger partial charge in [0.1, 0.15) is 30.2 Å². The number of para-hydroxylation sites is 1. The Morgan fingerprint density at radius 2 is 1.12 bits per heavy atom. The number of rotatable bonds is 27. The normalized spacial score (nSPS) is 13.6. The third-order valence-electron chi connectivity index (χ3n) is 9.42. The summed E-state index contributed by atoms with van der Waals surface area (Å²) in [5, 5.41) is 35.9. The Hall–Kier alpha value is -7.93. The molecule has 0 aliphatic carbocycles. The first-order valence-electron chi connectivity index (χ1n) is 19.9. The number of carbonyl (C=O) groups is 11. The van der Waals surface area contributed by atoms with Crippen molar-refractivity contribution < 1.29 is 63.0 Å². The maximum absolute atomic E-state index is 13.8. The number of carboxylic acids is 1. The van der Waals surface area contributed by atoms with E-state index in [1.54, 1.807) is 60.8 Å². The lowest BCUT2D eigenvalue weighted by atomic mass is 10.0. The van der Waals surface area contributed by atoms with Gasteiger partial charge in [-0.1, -0.05) is 48.5 Å². The van der Waals surface area contributed by atoms with Crippen LogP contribution in [0.1, 0.15) is 36.8 Å². The van der Waals surface area contributed by atoms with Crippen molar-refractivity contribution in [2.75, 3.05) is 19.7 Å². The summed E-state index contributed by atoms with van der Waals surface area (Å²) in [4.78, 5) is 142. The van der Waals surface area contributed by atoms with E-state index in [-0.39, 0.29) is 19.3 Å². The van der Waals surface area contributed by atoms with Crippen LogP contribution in [0, 0.1) is 0 Å². The van der Waals surface area contributed by atoms with Crippen LogP contribution in [0.15, 0.2) is 60.8 Å². The number of primary amides is 3. The minimum absolute atomic E-state index is 0.124. The third kappa shape index (κ3) is 17.4. The number of aromatic nitrogens is 1. The van der Waals surface area contributed by atoms with Crippen molar-refractivity contribution in [3.63, 3.8) is 0 Å². The predicted octanol–water partition coefficient (Wildman–Crippen LogP) is -5.97. The summed E-state index contributed by atoms with van der Waals surface area (Å²) in [5.74, 6) is -11.4. The van der Waals surface area contributed by atoms with Crippen LogP contribution in [0.3, 0.4) is 0 Å². The highest BCUT2D eigenvalue weighted by atomic mass is 16.4. The molecule has 25 heteroatoms. The molecule has 0 radical (unpaired) electrons. The number of carbonyl (C=O) groups excluding carboxylic acids is 10. The topological polar surface area (TPSA) is 432 Å². The van der Waals surface area contributed by atoms with E-state index in [2.05, 4.69) is 42.2 Å². The Morgan fingerprint density at radius 1 is 0.569 bits per heavy atom. The molecule has 0 unspecified atom stereocenters. The molecule has 0 aliphatic heterocycles. The van der Waals surface area contributed by atoms with Crippen LogP contribution >= 0.6 is 0 Å². The molecular formula is C40H52N12O13. The fourth-order valence-electron chi connectivity index (χ4n) is 6.16. The van der Waals surface area contributed by atoms with Gasteiger partial charge < -0.3 is 75.3 Å². The first kappa shape index (κ1) is 51.4. The number of H-pyrrole nitrogens is 1. The lowest BCUT2D eigenvalue weighted by Crippen LogP contribution is -2.60. The number of aliphatic hydroxyl groups excluding tert-OH is 1. The second kappa shape index (κ2) is 25.2. The summed E-state index contributed by atoms with van der Waals surface area (Å²) < 4.78 is 0. The van der Waals surface area contributed by atoms with E-state index in [0.717, 1.165) is 5.52 Å². The number of aromatic amines is 1. The molecule has 25 nitrogen and oxygen atoms in total. The van der Waals surface area contributed by atoms with Crippen LogP contribution in [-0.2, 0) is 65.6 Å². The predicted molar refractivity (Wildman–Crippen MR) is 227 cm³/mol. The number of benzene rings is 2. The van der Waals surface area contributed by atoms with Gasteiger partial charge in [-0.3, -0.25) is 52.7 Å². The first-order chi connectivity index (χ1) is 30.8. The van der Waals surface area contributed by atoms with Crippen molar-refractivity contribution in [3.8, 4) is 0 Å². The molecular weight excluding hydrogens is 857 g/mol. The van der Waals surface area contributed by atoms with Gasteiger partial charge in [0.25, 0.3) is 0 Å². The Kier molecular flexibility index (Phi) is 20.0. The van der Waals surface area contributed by atoms with E-state index < -0.39 is 140 Å². The number of nitrogens with two attached hydrogens (primary N) is 4. The Bertz CT molecular complexity index is 2240. The molecule has 0 saturated heterocycles. The van der Waals surface area contributed by atoms with E-state index in [4.69, 9.17) is 28.0 Å². The fraction of sp³-hybridized carbons (Fsp3) is 0.375. The molecule has 1 heterocycles. The number of hydrogen-bond donors (Lipinski definition) is 14. The van der Waals surface area contributed by atoms with Crippen molar-refractivity contribution >= 4 is 75.9 Å². The smallest absolute Gasteiger partial charge is 0.305 e.